The Bertz CT molecular complexity index is 1790. The van der Waals surface area contributed by atoms with Gasteiger partial charge >= 0.3 is 10.8 Å². The molecule has 43 heavy (non-hydrogen) atoms. The molecule has 0 bridgehead atoms. The fraction of sp³-hybridized carbons (Fsp3) is 0.200. The zero-order chi connectivity index (χ0) is 30.2. The highest BCUT2D eigenvalue weighted by Crippen LogP contribution is 2.53. The number of ether oxygens (including phenoxy) is 1. The van der Waals surface area contributed by atoms with Crippen LogP contribution in [0.4, 0.5) is 11.4 Å². The van der Waals surface area contributed by atoms with E-state index in [1.165, 1.54) is 9.47 Å². The Morgan fingerprint density at radius 2 is 1.77 bits per heavy atom. The molecular weight excluding hydrogens is 656 g/mol. The molecule has 6 rings (SSSR count). The van der Waals surface area contributed by atoms with E-state index in [9.17, 15) is 24.0 Å². The Morgan fingerprint density at radius 1 is 1.02 bits per heavy atom. The molecule has 2 aliphatic heterocycles. The van der Waals surface area contributed by atoms with Gasteiger partial charge in [0.25, 0.3) is 0 Å². The molecule has 13 heteroatoms. The van der Waals surface area contributed by atoms with Crippen molar-refractivity contribution >= 4 is 74.1 Å². The number of thioether (sulfide) groups is 1. The summed E-state index contributed by atoms with van der Waals surface area (Å²) in [7, 11) is 0. The van der Waals surface area contributed by atoms with Gasteiger partial charge < -0.3 is 10.1 Å². The largest absolute Gasteiger partial charge is 0.462 e. The number of nitrogens with zero attached hydrogens (tertiary/aromatic N) is 3. The Kier molecular flexibility index (Phi) is 8.03. The third-order valence-corrected chi connectivity index (χ3v) is 10.3. The number of anilines is 2. The number of carbonyl (C=O) groups excluding carboxylic acids is 4. The SMILES string of the molecule is CCOC(=O)c1ccc(NC(=O)Cn2c3c(sc2=O)[C@H](c2cccnc2)C2C(=O)N(c4ccc(Br)cc4)C(=O)C2S3)cc1. The number of imide groups is 1. The molecular formula is C30H23BrN4O6S2. The summed E-state index contributed by atoms with van der Waals surface area (Å²) in [5, 5.41) is 2.44. The zero-order valence-electron chi connectivity index (χ0n) is 22.6. The highest BCUT2D eigenvalue weighted by molar-refractivity contribution is 9.10. The van der Waals surface area contributed by atoms with Crippen molar-refractivity contribution in [2.24, 2.45) is 5.92 Å². The standard InChI is InChI=1S/C30H23BrN4O6S2/c1-2-41-29(39)16-5-9-19(10-6-16)33-21(36)15-34-28-25(43-30(34)40)22(17-4-3-13-32-14-17)23-24(42-28)27(38)35(26(23)37)20-11-7-18(31)8-12-20/h3-14,22-24H,2,15H2,1H3,(H,33,36)/t22-,23?,24?/m1/s1. The monoisotopic (exact) mass is 678 g/mol. The predicted octanol–water partition coefficient (Wildman–Crippen LogP) is 4.68. The lowest BCUT2D eigenvalue weighted by molar-refractivity contribution is -0.122. The van der Waals surface area contributed by atoms with Gasteiger partial charge in [0.05, 0.1) is 28.8 Å². The summed E-state index contributed by atoms with van der Waals surface area (Å²) in [6.07, 6.45) is 3.26. The number of aromatic nitrogens is 2. The molecule has 10 nitrogen and oxygen atoms in total. The highest BCUT2D eigenvalue weighted by Gasteiger charge is 2.56. The van der Waals surface area contributed by atoms with Gasteiger partial charge in [0, 0.05) is 33.3 Å². The Labute approximate surface area is 262 Å². The normalized spacial score (nSPS) is 19.1. The molecule has 0 radical (unpaired) electrons. The van der Waals surface area contributed by atoms with Gasteiger partial charge in [-0.2, -0.15) is 0 Å². The van der Waals surface area contributed by atoms with Crippen LogP contribution < -0.4 is 15.1 Å². The van der Waals surface area contributed by atoms with Crippen molar-refractivity contribution in [2.75, 3.05) is 16.8 Å². The highest BCUT2D eigenvalue weighted by atomic mass is 79.9. The Morgan fingerprint density at radius 3 is 2.44 bits per heavy atom. The summed E-state index contributed by atoms with van der Waals surface area (Å²) in [5.74, 6) is -2.99. The molecule has 218 valence electrons. The number of pyridine rings is 1. The third-order valence-electron chi connectivity index (χ3n) is 7.16. The minimum absolute atomic E-state index is 0.250. The maximum Gasteiger partial charge on any atom is 0.338 e. The number of carbonyl (C=O) groups is 4. The van der Waals surface area contributed by atoms with Crippen LogP contribution in [0.3, 0.4) is 0 Å². The number of thiazole rings is 1. The van der Waals surface area contributed by atoms with E-state index in [0.717, 1.165) is 27.6 Å². The van der Waals surface area contributed by atoms with E-state index in [1.807, 2.05) is 6.07 Å². The molecule has 1 saturated heterocycles. The lowest BCUT2D eigenvalue weighted by atomic mass is 9.84. The van der Waals surface area contributed by atoms with Crippen LogP contribution in [-0.4, -0.2) is 45.1 Å². The molecule has 1 fully saturated rings. The number of rotatable bonds is 7. The van der Waals surface area contributed by atoms with Crippen LogP contribution in [0.2, 0.25) is 0 Å². The number of fused-ring (bicyclic) bond motifs is 2. The molecule has 2 aromatic heterocycles. The summed E-state index contributed by atoms with van der Waals surface area (Å²) in [6.45, 7) is 1.67. The minimum Gasteiger partial charge on any atom is -0.462 e. The molecule has 0 saturated carbocycles. The van der Waals surface area contributed by atoms with E-state index in [2.05, 4.69) is 26.2 Å². The van der Waals surface area contributed by atoms with Gasteiger partial charge in [-0.25, -0.2) is 9.69 Å². The summed E-state index contributed by atoms with van der Waals surface area (Å²) in [6, 6.07) is 16.8. The molecule has 0 aliphatic carbocycles. The lowest BCUT2D eigenvalue weighted by Crippen LogP contribution is -2.33. The first-order chi connectivity index (χ1) is 20.8. The van der Waals surface area contributed by atoms with Crippen molar-refractivity contribution in [2.45, 2.75) is 29.7 Å². The third kappa shape index (κ3) is 5.43. The summed E-state index contributed by atoms with van der Waals surface area (Å²) in [5.41, 5.74) is 1.96. The minimum atomic E-state index is -0.799. The van der Waals surface area contributed by atoms with E-state index in [0.29, 0.717) is 32.4 Å². The molecule has 2 aromatic carbocycles. The molecule has 0 spiro atoms. The van der Waals surface area contributed by atoms with Crippen molar-refractivity contribution in [1.82, 2.24) is 9.55 Å². The average molecular weight is 680 g/mol. The van der Waals surface area contributed by atoms with Crippen LogP contribution in [0.5, 0.6) is 0 Å². The van der Waals surface area contributed by atoms with Gasteiger partial charge in [0.15, 0.2) is 0 Å². The van der Waals surface area contributed by atoms with Crippen molar-refractivity contribution in [3.05, 3.63) is 103 Å². The van der Waals surface area contributed by atoms with Crippen molar-refractivity contribution in [1.29, 1.82) is 0 Å². The first-order valence-electron chi connectivity index (χ1n) is 13.3. The zero-order valence-corrected chi connectivity index (χ0v) is 25.8. The first-order valence-corrected chi connectivity index (χ1v) is 15.8. The van der Waals surface area contributed by atoms with E-state index < -0.39 is 29.0 Å². The van der Waals surface area contributed by atoms with Crippen LogP contribution >= 0.6 is 39.0 Å². The number of hydrogen-bond acceptors (Lipinski definition) is 9. The molecule has 4 aromatic rings. The second kappa shape index (κ2) is 11.9. The maximum atomic E-state index is 13.9. The average Bonchev–Trinajstić information content (AvgIpc) is 3.44. The lowest BCUT2D eigenvalue weighted by Gasteiger charge is -2.30. The van der Waals surface area contributed by atoms with Crippen LogP contribution in [0.1, 0.15) is 33.6 Å². The number of halogens is 1. The van der Waals surface area contributed by atoms with Crippen LogP contribution in [-0.2, 0) is 25.7 Å². The van der Waals surface area contributed by atoms with E-state index >= 15 is 0 Å². The second-order valence-electron chi connectivity index (χ2n) is 9.79. The molecule has 3 atom stereocenters. The predicted molar refractivity (Wildman–Crippen MR) is 165 cm³/mol. The number of nitrogens with one attached hydrogen (secondary N) is 1. The van der Waals surface area contributed by atoms with Crippen molar-refractivity contribution in [3.63, 3.8) is 0 Å². The molecule has 2 aliphatic rings. The topological polar surface area (TPSA) is 128 Å². The summed E-state index contributed by atoms with van der Waals surface area (Å²) in [4.78, 5) is 71.7. The smallest absolute Gasteiger partial charge is 0.338 e. The molecule has 4 heterocycles. The van der Waals surface area contributed by atoms with Gasteiger partial charge in [0.1, 0.15) is 11.8 Å². The quantitative estimate of drug-likeness (QED) is 0.221. The van der Waals surface area contributed by atoms with Gasteiger partial charge in [-0.3, -0.25) is 28.7 Å². The molecule has 3 amide bonds. The van der Waals surface area contributed by atoms with Gasteiger partial charge in [0.2, 0.25) is 17.7 Å². The number of hydrogen-bond donors (Lipinski definition) is 1. The second-order valence-corrected chi connectivity index (χ2v) is 12.8. The van der Waals surface area contributed by atoms with Gasteiger partial charge in [-0.1, -0.05) is 45.1 Å². The van der Waals surface area contributed by atoms with Gasteiger partial charge in [-0.05, 0) is 67.1 Å². The number of amides is 3. The number of esters is 1. The van der Waals surface area contributed by atoms with E-state index in [4.69, 9.17) is 4.74 Å². The van der Waals surface area contributed by atoms with E-state index in [1.54, 1.807) is 73.9 Å². The summed E-state index contributed by atoms with van der Waals surface area (Å²) >= 11 is 5.50. The van der Waals surface area contributed by atoms with Gasteiger partial charge in [-0.15, -0.1) is 0 Å². The first kappa shape index (κ1) is 29.0. The Hall–Kier alpha value is -4.07. The molecule has 2 unspecified atom stereocenters. The Balaban J connectivity index is 1.32. The van der Waals surface area contributed by atoms with Crippen LogP contribution in [0.15, 0.2) is 87.4 Å². The van der Waals surface area contributed by atoms with Crippen LogP contribution in [0, 0.1) is 5.92 Å². The maximum absolute atomic E-state index is 13.9. The van der Waals surface area contributed by atoms with Crippen molar-refractivity contribution in [3.8, 4) is 0 Å². The molecule has 1 N–H and O–H groups in total. The van der Waals surface area contributed by atoms with Crippen molar-refractivity contribution < 1.29 is 23.9 Å². The fourth-order valence-electron chi connectivity index (χ4n) is 5.27. The number of benzene rings is 2. The van der Waals surface area contributed by atoms with E-state index in [-0.39, 0.29) is 29.8 Å². The summed E-state index contributed by atoms with van der Waals surface area (Å²) < 4.78 is 7.16. The van der Waals surface area contributed by atoms with Crippen LogP contribution in [0.25, 0.3) is 0 Å². The fourth-order valence-corrected chi connectivity index (χ4v) is 8.30.